The van der Waals surface area contributed by atoms with Gasteiger partial charge in [-0.2, -0.15) is 0 Å². The lowest BCUT2D eigenvalue weighted by atomic mass is 10.3. The molecule has 3 nitrogen and oxygen atoms in total. The van der Waals surface area contributed by atoms with Crippen molar-refractivity contribution in [2.45, 2.75) is 33.0 Å². The number of aldehydes is 1. The molecule has 0 saturated carbocycles. The Morgan fingerprint density at radius 3 is 2.00 bits per heavy atom. The fourth-order valence-electron chi connectivity index (χ4n) is 1.05. The molecule has 1 aliphatic heterocycles. The predicted molar refractivity (Wildman–Crippen MR) is 39.6 cm³/mol. The third-order valence-electron chi connectivity index (χ3n) is 1.58. The number of hydrogen-bond donors (Lipinski definition) is 0. The SMILES string of the molecule is CCC1=C(CC)OC(C=O)O1. The van der Waals surface area contributed by atoms with Gasteiger partial charge in [0.05, 0.1) is 0 Å². The Balaban J connectivity index is 2.63. The lowest BCUT2D eigenvalue weighted by molar-refractivity contribution is -0.130. The zero-order valence-electron chi connectivity index (χ0n) is 6.79. The molecule has 0 N–H and O–H groups in total. The van der Waals surface area contributed by atoms with Crippen molar-refractivity contribution < 1.29 is 14.3 Å². The lowest BCUT2D eigenvalue weighted by Crippen LogP contribution is -2.09. The van der Waals surface area contributed by atoms with E-state index in [0.29, 0.717) is 6.29 Å². The minimum Gasteiger partial charge on any atom is -0.449 e. The van der Waals surface area contributed by atoms with Gasteiger partial charge in [0.15, 0.2) is 0 Å². The molecule has 0 radical (unpaired) electrons. The summed E-state index contributed by atoms with van der Waals surface area (Å²) in [7, 11) is 0. The summed E-state index contributed by atoms with van der Waals surface area (Å²) >= 11 is 0. The van der Waals surface area contributed by atoms with Gasteiger partial charge in [0.1, 0.15) is 11.5 Å². The van der Waals surface area contributed by atoms with Gasteiger partial charge in [-0.15, -0.1) is 0 Å². The Morgan fingerprint density at radius 2 is 1.73 bits per heavy atom. The Hall–Kier alpha value is -0.990. The van der Waals surface area contributed by atoms with E-state index in [0.717, 1.165) is 24.4 Å². The van der Waals surface area contributed by atoms with Gasteiger partial charge >= 0.3 is 0 Å². The van der Waals surface area contributed by atoms with Crippen molar-refractivity contribution in [3.63, 3.8) is 0 Å². The van der Waals surface area contributed by atoms with Crippen LogP contribution in [0.4, 0.5) is 0 Å². The van der Waals surface area contributed by atoms with Crippen molar-refractivity contribution in [3.8, 4) is 0 Å². The summed E-state index contributed by atoms with van der Waals surface area (Å²) in [5, 5.41) is 0. The van der Waals surface area contributed by atoms with E-state index < -0.39 is 6.29 Å². The Labute approximate surface area is 66.0 Å². The molecule has 0 spiro atoms. The molecule has 0 aromatic heterocycles. The summed E-state index contributed by atoms with van der Waals surface area (Å²) in [5.41, 5.74) is 0. The molecule has 62 valence electrons. The van der Waals surface area contributed by atoms with Crippen LogP contribution in [-0.4, -0.2) is 12.6 Å². The van der Waals surface area contributed by atoms with Crippen LogP contribution in [0.3, 0.4) is 0 Å². The molecule has 0 aromatic carbocycles. The van der Waals surface area contributed by atoms with Crippen LogP contribution >= 0.6 is 0 Å². The van der Waals surface area contributed by atoms with Gasteiger partial charge in [-0.05, 0) is 0 Å². The fourth-order valence-corrected chi connectivity index (χ4v) is 1.05. The van der Waals surface area contributed by atoms with E-state index in [1.54, 1.807) is 0 Å². The Morgan fingerprint density at radius 1 is 1.27 bits per heavy atom. The molecule has 0 atom stereocenters. The number of rotatable bonds is 3. The minimum absolute atomic E-state index is 0.665. The predicted octanol–water partition coefficient (Wildman–Crippen LogP) is 1.59. The van der Waals surface area contributed by atoms with Gasteiger partial charge in [0, 0.05) is 12.8 Å². The molecule has 1 rings (SSSR count). The summed E-state index contributed by atoms with van der Waals surface area (Å²) in [6.45, 7) is 3.95. The van der Waals surface area contributed by atoms with Gasteiger partial charge in [-0.1, -0.05) is 13.8 Å². The van der Waals surface area contributed by atoms with Crippen LogP contribution < -0.4 is 0 Å². The molecule has 0 bridgehead atoms. The number of hydrogen-bond acceptors (Lipinski definition) is 3. The largest absolute Gasteiger partial charge is 0.449 e. The molecule has 11 heavy (non-hydrogen) atoms. The zero-order chi connectivity index (χ0) is 8.27. The van der Waals surface area contributed by atoms with Crippen molar-refractivity contribution >= 4 is 6.29 Å². The van der Waals surface area contributed by atoms with Crippen molar-refractivity contribution in [2.75, 3.05) is 0 Å². The molecule has 0 fully saturated rings. The highest BCUT2D eigenvalue weighted by molar-refractivity contribution is 5.55. The van der Waals surface area contributed by atoms with Crippen LogP contribution in [0.25, 0.3) is 0 Å². The number of allylic oxidation sites excluding steroid dienone is 2. The molecule has 3 heteroatoms. The van der Waals surface area contributed by atoms with Crippen molar-refractivity contribution in [2.24, 2.45) is 0 Å². The van der Waals surface area contributed by atoms with Crippen molar-refractivity contribution in [3.05, 3.63) is 11.5 Å². The van der Waals surface area contributed by atoms with Gasteiger partial charge in [-0.3, -0.25) is 4.79 Å². The molecule has 0 aliphatic carbocycles. The highest BCUT2D eigenvalue weighted by Gasteiger charge is 2.23. The van der Waals surface area contributed by atoms with Crippen LogP contribution in [-0.2, 0) is 14.3 Å². The summed E-state index contributed by atoms with van der Waals surface area (Å²) in [5.74, 6) is 1.62. The maximum absolute atomic E-state index is 10.3. The fraction of sp³-hybridized carbons (Fsp3) is 0.625. The van der Waals surface area contributed by atoms with E-state index in [4.69, 9.17) is 9.47 Å². The van der Waals surface area contributed by atoms with E-state index in [-0.39, 0.29) is 0 Å². The molecule has 1 aliphatic rings. The first-order valence-corrected chi connectivity index (χ1v) is 3.82. The van der Waals surface area contributed by atoms with Crippen molar-refractivity contribution in [1.29, 1.82) is 0 Å². The second-order valence-electron chi connectivity index (χ2n) is 2.29. The second kappa shape index (κ2) is 3.42. The van der Waals surface area contributed by atoms with Gasteiger partial charge < -0.3 is 9.47 Å². The average molecular weight is 156 g/mol. The topological polar surface area (TPSA) is 35.5 Å². The smallest absolute Gasteiger partial charge is 0.297 e. The molecular formula is C8H12O3. The molecule has 1 heterocycles. The quantitative estimate of drug-likeness (QED) is 0.582. The molecule has 0 aromatic rings. The standard InChI is InChI=1S/C8H12O3/c1-3-6-7(4-2)11-8(5-9)10-6/h5,8H,3-4H2,1-2H3. The van der Waals surface area contributed by atoms with E-state index in [1.165, 1.54) is 0 Å². The van der Waals surface area contributed by atoms with Crippen molar-refractivity contribution in [1.82, 2.24) is 0 Å². The van der Waals surface area contributed by atoms with Crippen LogP contribution in [0, 0.1) is 0 Å². The maximum atomic E-state index is 10.3. The summed E-state index contributed by atoms with van der Waals surface area (Å²) in [6.07, 6.45) is 1.54. The summed E-state index contributed by atoms with van der Waals surface area (Å²) < 4.78 is 10.3. The Kier molecular flexibility index (Phi) is 2.52. The summed E-state index contributed by atoms with van der Waals surface area (Å²) in [6, 6.07) is 0. The normalized spacial score (nSPS) is 18.0. The monoisotopic (exact) mass is 156 g/mol. The highest BCUT2D eigenvalue weighted by atomic mass is 16.7. The average Bonchev–Trinajstić information content (AvgIpc) is 2.46. The summed E-state index contributed by atoms with van der Waals surface area (Å²) in [4.78, 5) is 10.3. The van der Waals surface area contributed by atoms with Crippen LogP contribution in [0.1, 0.15) is 26.7 Å². The minimum atomic E-state index is -0.695. The number of ether oxygens (including phenoxy) is 2. The van der Waals surface area contributed by atoms with Gasteiger partial charge in [0.25, 0.3) is 6.29 Å². The van der Waals surface area contributed by atoms with E-state index in [9.17, 15) is 4.79 Å². The first kappa shape index (κ1) is 8.11. The molecular weight excluding hydrogens is 144 g/mol. The first-order chi connectivity index (χ1) is 5.31. The van der Waals surface area contributed by atoms with E-state index >= 15 is 0 Å². The second-order valence-corrected chi connectivity index (χ2v) is 2.29. The molecule has 0 saturated heterocycles. The number of carbonyl (C=O) groups is 1. The van der Waals surface area contributed by atoms with Gasteiger partial charge in [-0.25, -0.2) is 0 Å². The lowest BCUT2D eigenvalue weighted by Gasteiger charge is -2.02. The van der Waals surface area contributed by atoms with Crippen LogP contribution in [0.2, 0.25) is 0 Å². The third-order valence-corrected chi connectivity index (χ3v) is 1.58. The number of carbonyl (C=O) groups excluding carboxylic acids is 1. The zero-order valence-corrected chi connectivity index (χ0v) is 6.79. The highest BCUT2D eigenvalue weighted by Crippen LogP contribution is 2.25. The Bertz CT molecular complexity index is 168. The molecule has 0 unspecified atom stereocenters. The van der Waals surface area contributed by atoms with E-state index in [2.05, 4.69) is 0 Å². The first-order valence-electron chi connectivity index (χ1n) is 3.82. The van der Waals surface area contributed by atoms with Gasteiger partial charge in [0.2, 0.25) is 6.29 Å². The van der Waals surface area contributed by atoms with E-state index in [1.807, 2.05) is 13.8 Å². The maximum Gasteiger partial charge on any atom is 0.297 e. The van der Waals surface area contributed by atoms with Crippen LogP contribution in [0.5, 0.6) is 0 Å². The molecule has 0 amide bonds. The third kappa shape index (κ3) is 1.53. The van der Waals surface area contributed by atoms with Crippen LogP contribution in [0.15, 0.2) is 11.5 Å².